The van der Waals surface area contributed by atoms with Gasteiger partial charge in [-0.25, -0.2) is 4.79 Å². The number of ether oxygens (including phenoxy) is 4. The highest BCUT2D eigenvalue weighted by molar-refractivity contribution is 5.93. The molecule has 7 rings (SSSR count). The fourth-order valence-corrected chi connectivity index (χ4v) is 9.34. The summed E-state index contributed by atoms with van der Waals surface area (Å²) in [6.45, 7) is 8.36. The zero-order valence-corrected chi connectivity index (χ0v) is 19.9. The van der Waals surface area contributed by atoms with Gasteiger partial charge >= 0.3 is 11.9 Å². The van der Waals surface area contributed by atoms with Gasteiger partial charge in [0.25, 0.3) is 0 Å². The molecule has 2 saturated carbocycles. The van der Waals surface area contributed by atoms with Crippen molar-refractivity contribution < 1.29 is 37.7 Å². The highest BCUT2D eigenvalue weighted by Crippen LogP contribution is 2.79. The van der Waals surface area contributed by atoms with Crippen molar-refractivity contribution in [3.63, 3.8) is 0 Å². The average Bonchev–Trinajstić information content (AvgIpc) is 3.26. The standard InChI is InChI=1S/C26H30O8/c1-22(2)15-9-16(27)24(4)14(25(15)12-31-18(28)10-17(25)33-22)5-7-23(3)19(13-6-8-30-11-13)32-21(29)20-26(23,24)34-20/h6,8,11,14-15,17,19-20H,5,7,9-10,12H2,1-4H3/t14-,15-,17-,19+,20-,23-,24+,25-,26-/m0/s1. The first kappa shape index (κ1) is 21.1. The summed E-state index contributed by atoms with van der Waals surface area (Å²) >= 11 is 0. The largest absolute Gasteiger partial charge is 0.472 e. The number of furan rings is 1. The molecule has 1 aromatic rings. The fourth-order valence-electron chi connectivity index (χ4n) is 9.34. The van der Waals surface area contributed by atoms with E-state index in [0.717, 1.165) is 12.0 Å². The van der Waals surface area contributed by atoms with Crippen LogP contribution in [0.25, 0.3) is 0 Å². The van der Waals surface area contributed by atoms with E-state index in [9.17, 15) is 14.4 Å². The van der Waals surface area contributed by atoms with Crippen molar-refractivity contribution in [3.8, 4) is 0 Å². The van der Waals surface area contributed by atoms with E-state index >= 15 is 0 Å². The highest BCUT2D eigenvalue weighted by atomic mass is 16.7. The number of fused-ring (bicyclic) bond motifs is 1. The Bertz CT molecular complexity index is 1120. The van der Waals surface area contributed by atoms with Gasteiger partial charge in [-0.15, -0.1) is 0 Å². The Morgan fingerprint density at radius 3 is 2.50 bits per heavy atom. The molecule has 6 fully saturated rings. The predicted octanol–water partition coefficient (Wildman–Crippen LogP) is 3.14. The van der Waals surface area contributed by atoms with Crippen LogP contribution in [0, 0.1) is 28.1 Å². The van der Waals surface area contributed by atoms with E-state index in [1.54, 1.807) is 12.5 Å². The lowest BCUT2D eigenvalue weighted by atomic mass is 9.37. The van der Waals surface area contributed by atoms with E-state index in [1.807, 2.05) is 26.8 Å². The average molecular weight is 471 g/mol. The zero-order chi connectivity index (χ0) is 23.9. The van der Waals surface area contributed by atoms with E-state index in [4.69, 9.17) is 23.4 Å². The van der Waals surface area contributed by atoms with Crippen molar-refractivity contribution >= 4 is 17.7 Å². The third-order valence-electron chi connectivity index (χ3n) is 10.7. The Labute approximate surface area is 197 Å². The molecule has 4 aliphatic heterocycles. The lowest BCUT2D eigenvalue weighted by Gasteiger charge is -2.65. The Hall–Kier alpha value is -2.19. The van der Waals surface area contributed by atoms with Crippen LogP contribution < -0.4 is 0 Å². The Balaban J connectivity index is 1.41. The van der Waals surface area contributed by atoms with Gasteiger partial charge in [0.1, 0.15) is 24.1 Å². The molecule has 0 aromatic carbocycles. The van der Waals surface area contributed by atoms with Gasteiger partial charge in [0.05, 0.1) is 36.1 Å². The van der Waals surface area contributed by atoms with E-state index < -0.39 is 45.6 Å². The molecule has 0 radical (unpaired) electrons. The maximum Gasteiger partial charge on any atom is 0.339 e. The van der Waals surface area contributed by atoms with Crippen LogP contribution in [0.5, 0.6) is 0 Å². The van der Waals surface area contributed by atoms with Gasteiger partial charge in [0.15, 0.2) is 6.10 Å². The summed E-state index contributed by atoms with van der Waals surface area (Å²) in [5.41, 5.74) is -2.78. The summed E-state index contributed by atoms with van der Waals surface area (Å²) in [6.07, 6.45) is 3.46. The Kier molecular flexibility index (Phi) is 3.70. The second kappa shape index (κ2) is 5.95. The second-order valence-electron chi connectivity index (χ2n) is 12.2. The van der Waals surface area contributed by atoms with Crippen molar-refractivity contribution in [2.75, 3.05) is 6.61 Å². The van der Waals surface area contributed by atoms with Crippen LogP contribution in [0.4, 0.5) is 0 Å². The van der Waals surface area contributed by atoms with Crippen LogP contribution >= 0.6 is 0 Å². The molecule has 5 heterocycles. The minimum absolute atomic E-state index is 0.0677. The van der Waals surface area contributed by atoms with Crippen molar-refractivity contribution in [1.29, 1.82) is 0 Å². The predicted molar refractivity (Wildman–Crippen MR) is 114 cm³/mol. The fraction of sp³-hybridized carbons (Fsp3) is 0.731. The van der Waals surface area contributed by atoms with Gasteiger partial charge in [-0.2, -0.15) is 0 Å². The van der Waals surface area contributed by atoms with E-state index in [1.165, 1.54) is 0 Å². The van der Waals surface area contributed by atoms with Crippen LogP contribution in [0.1, 0.15) is 65.0 Å². The van der Waals surface area contributed by atoms with Crippen molar-refractivity contribution in [2.45, 2.75) is 82.9 Å². The topological polar surface area (TPSA) is 105 Å². The van der Waals surface area contributed by atoms with Crippen molar-refractivity contribution in [3.05, 3.63) is 24.2 Å². The molecule has 0 unspecified atom stereocenters. The van der Waals surface area contributed by atoms with Crippen LogP contribution in [0.15, 0.2) is 23.0 Å². The summed E-state index contributed by atoms with van der Waals surface area (Å²) in [4.78, 5) is 39.7. The van der Waals surface area contributed by atoms with Crippen LogP contribution in [-0.2, 0) is 33.3 Å². The molecule has 9 atom stereocenters. The van der Waals surface area contributed by atoms with Gasteiger partial charge in [0.2, 0.25) is 0 Å². The smallest absolute Gasteiger partial charge is 0.339 e. The number of carbonyl (C=O) groups is 3. The number of hydrogen-bond donors (Lipinski definition) is 0. The molecule has 182 valence electrons. The van der Waals surface area contributed by atoms with Crippen LogP contribution in [0.3, 0.4) is 0 Å². The van der Waals surface area contributed by atoms with Crippen LogP contribution in [-0.4, -0.2) is 47.7 Å². The molecule has 1 aromatic heterocycles. The number of epoxide rings is 1. The Morgan fingerprint density at radius 1 is 0.971 bits per heavy atom. The molecule has 0 bridgehead atoms. The monoisotopic (exact) mass is 470 g/mol. The minimum atomic E-state index is -0.976. The molecule has 4 saturated heterocycles. The second-order valence-corrected chi connectivity index (χ2v) is 12.2. The summed E-state index contributed by atoms with van der Waals surface area (Å²) in [5, 5.41) is 0. The molecule has 6 aliphatic rings. The number of carbonyl (C=O) groups excluding carboxylic acids is 3. The first-order valence-electron chi connectivity index (χ1n) is 12.3. The first-order valence-corrected chi connectivity index (χ1v) is 12.3. The van der Waals surface area contributed by atoms with E-state index in [-0.39, 0.29) is 42.7 Å². The third kappa shape index (κ3) is 2.02. The van der Waals surface area contributed by atoms with E-state index in [0.29, 0.717) is 12.8 Å². The maximum absolute atomic E-state index is 14.2. The molecule has 0 amide bonds. The number of cyclic esters (lactones) is 2. The highest BCUT2D eigenvalue weighted by Gasteiger charge is 2.89. The number of Topliss-reactive ketones (excluding diaryl/α,β-unsaturated/α-hetero) is 1. The summed E-state index contributed by atoms with van der Waals surface area (Å²) in [5.74, 6) is -0.780. The molecule has 8 nitrogen and oxygen atoms in total. The number of hydrogen-bond acceptors (Lipinski definition) is 8. The molecule has 2 spiro atoms. The molecule has 8 heteroatoms. The van der Waals surface area contributed by atoms with Crippen molar-refractivity contribution in [1.82, 2.24) is 0 Å². The van der Waals surface area contributed by atoms with Crippen molar-refractivity contribution in [2.24, 2.45) is 28.1 Å². The number of ketones is 1. The van der Waals surface area contributed by atoms with E-state index in [2.05, 4.69) is 6.92 Å². The first-order chi connectivity index (χ1) is 16.0. The normalized spacial score (nSPS) is 52.4. The van der Waals surface area contributed by atoms with Gasteiger partial charge in [-0.1, -0.05) is 6.92 Å². The number of esters is 2. The SMILES string of the molecule is CC1(C)O[C@H]2CC(=O)OC[C@@]23[C@H]2CC[C@@]4(C)[C@@H](c5ccoc5)OC(=O)[C@@H]5O[C@@]54[C@@]2(C)C(=O)C[C@@H]13. The van der Waals surface area contributed by atoms with Gasteiger partial charge in [-0.05, 0) is 45.6 Å². The molecule has 34 heavy (non-hydrogen) atoms. The van der Waals surface area contributed by atoms with Gasteiger partial charge in [0, 0.05) is 28.7 Å². The van der Waals surface area contributed by atoms with Crippen LogP contribution in [0.2, 0.25) is 0 Å². The number of rotatable bonds is 1. The zero-order valence-electron chi connectivity index (χ0n) is 19.9. The summed E-state index contributed by atoms with van der Waals surface area (Å²) in [7, 11) is 0. The lowest BCUT2D eigenvalue weighted by molar-refractivity contribution is -0.225. The maximum atomic E-state index is 14.2. The molecular weight excluding hydrogens is 440 g/mol. The molecular formula is C26H30O8. The lowest BCUT2D eigenvalue weighted by Crippen LogP contribution is -2.72. The molecule has 2 aliphatic carbocycles. The van der Waals surface area contributed by atoms with Gasteiger partial charge < -0.3 is 23.4 Å². The minimum Gasteiger partial charge on any atom is -0.472 e. The van der Waals surface area contributed by atoms with Gasteiger partial charge in [-0.3, -0.25) is 9.59 Å². The summed E-state index contributed by atoms with van der Waals surface area (Å²) < 4.78 is 29.8. The molecule has 0 N–H and O–H groups in total. The third-order valence-corrected chi connectivity index (χ3v) is 10.7. The summed E-state index contributed by atoms with van der Waals surface area (Å²) in [6, 6.07) is 1.81. The Morgan fingerprint density at radius 2 is 1.76 bits per heavy atom. The quantitative estimate of drug-likeness (QED) is 0.455.